The summed E-state index contributed by atoms with van der Waals surface area (Å²) >= 11 is 1.37. The molecule has 0 radical (unpaired) electrons. The highest BCUT2D eigenvalue weighted by molar-refractivity contribution is 7.16. The van der Waals surface area contributed by atoms with Gasteiger partial charge in [0, 0.05) is 10.4 Å². The molecule has 5 nitrogen and oxygen atoms in total. The summed E-state index contributed by atoms with van der Waals surface area (Å²) in [4.78, 5) is 25.9. The van der Waals surface area contributed by atoms with E-state index >= 15 is 0 Å². The summed E-state index contributed by atoms with van der Waals surface area (Å²) in [7, 11) is 0. The van der Waals surface area contributed by atoms with E-state index in [4.69, 9.17) is 10.00 Å². The van der Waals surface area contributed by atoms with Gasteiger partial charge in [0.05, 0.1) is 24.7 Å². The van der Waals surface area contributed by atoms with E-state index in [1.807, 2.05) is 13.8 Å². The van der Waals surface area contributed by atoms with Crippen molar-refractivity contribution in [3.63, 3.8) is 0 Å². The number of rotatable bonds is 6. The third kappa shape index (κ3) is 4.25. The van der Waals surface area contributed by atoms with E-state index in [1.165, 1.54) is 11.3 Å². The number of ether oxygens (including phenoxy) is 1. The van der Waals surface area contributed by atoms with Crippen LogP contribution in [-0.2, 0) is 17.6 Å². The molecule has 0 spiro atoms. The third-order valence-corrected chi connectivity index (χ3v) is 4.80. The summed E-state index contributed by atoms with van der Waals surface area (Å²) in [6.45, 7) is 5.92. The average molecular weight is 356 g/mol. The predicted octanol–water partition coefficient (Wildman–Crippen LogP) is 4.11. The highest BCUT2D eigenvalue weighted by Gasteiger charge is 2.23. The Morgan fingerprint density at radius 2 is 2.08 bits per heavy atom. The van der Waals surface area contributed by atoms with Gasteiger partial charge in [0.1, 0.15) is 5.00 Å². The number of aryl methyl sites for hydroxylation is 1. The lowest BCUT2D eigenvalue weighted by molar-refractivity contribution is 0.0527. The first-order chi connectivity index (χ1) is 12.0. The molecular weight excluding hydrogens is 336 g/mol. The molecule has 25 heavy (non-hydrogen) atoms. The van der Waals surface area contributed by atoms with Gasteiger partial charge in [-0.25, -0.2) is 4.79 Å². The molecule has 0 aliphatic heterocycles. The Bertz CT molecular complexity index is 834. The zero-order chi connectivity index (χ0) is 18.4. The summed E-state index contributed by atoms with van der Waals surface area (Å²) in [6, 6.07) is 8.97. The molecule has 1 heterocycles. The minimum atomic E-state index is -0.419. The van der Waals surface area contributed by atoms with Crippen LogP contribution in [0.5, 0.6) is 0 Å². The number of carbonyl (C=O) groups excluding carboxylic acids is 2. The number of amides is 1. The number of carbonyl (C=O) groups is 2. The highest BCUT2D eigenvalue weighted by atomic mass is 32.1. The van der Waals surface area contributed by atoms with Crippen LogP contribution in [0.1, 0.15) is 50.6 Å². The SMILES string of the molecule is CCOC(=O)c1c(NC(=O)c2cccc(CC#N)c2)sc(C)c1CC. The van der Waals surface area contributed by atoms with E-state index in [9.17, 15) is 9.59 Å². The number of hydrogen-bond acceptors (Lipinski definition) is 5. The van der Waals surface area contributed by atoms with E-state index < -0.39 is 5.97 Å². The first-order valence-corrected chi connectivity index (χ1v) is 8.90. The fourth-order valence-electron chi connectivity index (χ4n) is 2.60. The molecule has 0 bridgehead atoms. The topological polar surface area (TPSA) is 79.2 Å². The van der Waals surface area contributed by atoms with Crippen LogP contribution in [0.3, 0.4) is 0 Å². The summed E-state index contributed by atoms with van der Waals surface area (Å²) in [5.41, 5.74) is 2.56. The molecule has 0 saturated carbocycles. The van der Waals surface area contributed by atoms with Gasteiger partial charge in [-0.3, -0.25) is 4.79 Å². The van der Waals surface area contributed by atoms with Gasteiger partial charge in [0.25, 0.3) is 5.91 Å². The van der Waals surface area contributed by atoms with Gasteiger partial charge in [0.15, 0.2) is 0 Å². The largest absolute Gasteiger partial charge is 0.462 e. The maximum Gasteiger partial charge on any atom is 0.341 e. The van der Waals surface area contributed by atoms with Gasteiger partial charge in [-0.05, 0) is 43.5 Å². The molecule has 2 aromatic rings. The first kappa shape index (κ1) is 18.7. The molecule has 0 saturated heterocycles. The lowest BCUT2D eigenvalue weighted by Crippen LogP contribution is -2.15. The molecule has 0 aliphatic carbocycles. The second-order valence-corrected chi connectivity index (χ2v) is 6.63. The van der Waals surface area contributed by atoms with Crippen molar-refractivity contribution in [3.05, 3.63) is 51.4 Å². The molecule has 1 aromatic heterocycles. The predicted molar refractivity (Wildman–Crippen MR) is 98.1 cm³/mol. The molecule has 130 valence electrons. The number of thiophene rings is 1. The Labute approximate surface area is 151 Å². The summed E-state index contributed by atoms with van der Waals surface area (Å²) in [5.74, 6) is -0.730. The molecule has 0 unspecified atom stereocenters. The summed E-state index contributed by atoms with van der Waals surface area (Å²) in [6.07, 6.45) is 0.928. The van der Waals surface area contributed by atoms with Gasteiger partial charge in [0.2, 0.25) is 0 Å². The smallest absolute Gasteiger partial charge is 0.341 e. The number of esters is 1. The van der Waals surface area contributed by atoms with Crippen LogP contribution in [0.2, 0.25) is 0 Å². The standard InChI is InChI=1S/C19H20N2O3S/c1-4-15-12(3)25-18(16(15)19(23)24-5-2)21-17(22)14-8-6-7-13(11-14)9-10-20/h6-8,11H,4-5,9H2,1-3H3,(H,21,22). The van der Waals surface area contributed by atoms with Crippen molar-refractivity contribution >= 4 is 28.2 Å². The average Bonchev–Trinajstić information content (AvgIpc) is 2.90. The van der Waals surface area contributed by atoms with Crippen LogP contribution in [0.15, 0.2) is 24.3 Å². The molecule has 0 fully saturated rings. The second-order valence-electron chi connectivity index (χ2n) is 5.40. The van der Waals surface area contributed by atoms with Gasteiger partial charge in [-0.15, -0.1) is 11.3 Å². The third-order valence-electron chi connectivity index (χ3n) is 3.74. The van der Waals surface area contributed by atoms with Crippen LogP contribution in [0.4, 0.5) is 5.00 Å². The van der Waals surface area contributed by atoms with E-state index in [2.05, 4.69) is 11.4 Å². The number of anilines is 1. The van der Waals surface area contributed by atoms with Crippen LogP contribution in [-0.4, -0.2) is 18.5 Å². The van der Waals surface area contributed by atoms with E-state index in [1.54, 1.807) is 31.2 Å². The molecule has 1 N–H and O–H groups in total. The summed E-state index contributed by atoms with van der Waals surface area (Å²) in [5, 5.41) is 12.1. The number of nitrogens with zero attached hydrogens (tertiary/aromatic N) is 1. The van der Waals surface area contributed by atoms with Crippen molar-refractivity contribution in [2.45, 2.75) is 33.6 Å². The Hall–Kier alpha value is -2.65. The Morgan fingerprint density at radius 3 is 2.72 bits per heavy atom. The molecule has 6 heteroatoms. The van der Waals surface area contributed by atoms with E-state index in [0.29, 0.717) is 22.5 Å². The van der Waals surface area contributed by atoms with Crippen molar-refractivity contribution < 1.29 is 14.3 Å². The quantitative estimate of drug-likeness (QED) is 0.790. The minimum absolute atomic E-state index is 0.243. The molecule has 2 rings (SSSR count). The fraction of sp³-hybridized carbons (Fsp3) is 0.316. The number of hydrogen-bond donors (Lipinski definition) is 1. The number of nitriles is 1. The first-order valence-electron chi connectivity index (χ1n) is 8.08. The van der Waals surface area contributed by atoms with E-state index in [-0.39, 0.29) is 18.9 Å². The lowest BCUT2D eigenvalue weighted by Gasteiger charge is -2.08. The second kappa shape index (κ2) is 8.45. The fourth-order valence-corrected chi connectivity index (χ4v) is 3.73. The molecule has 1 amide bonds. The molecule has 0 aliphatic rings. The van der Waals surface area contributed by atoms with Crippen molar-refractivity contribution in [2.75, 3.05) is 11.9 Å². The van der Waals surface area contributed by atoms with Crippen LogP contribution >= 0.6 is 11.3 Å². The molecular formula is C19H20N2O3S. The van der Waals surface area contributed by atoms with Gasteiger partial charge >= 0.3 is 5.97 Å². The van der Waals surface area contributed by atoms with Gasteiger partial charge in [-0.1, -0.05) is 19.1 Å². The monoisotopic (exact) mass is 356 g/mol. The van der Waals surface area contributed by atoms with Gasteiger partial charge in [-0.2, -0.15) is 5.26 Å². The highest BCUT2D eigenvalue weighted by Crippen LogP contribution is 2.34. The molecule has 0 atom stereocenters. The number of nitrogens with one attached hydrogen (secondary N) is 1. The maximum absolute atomic E-state index is 12.6. The maximum atomic E-state index is 12.6. The zero-order valence-corrected chi connectivity index (χ0v) is 15.3. The van der Waals surface area contributed by atoms with Gasteiger partial charge < -0.3 is 10.1 Å². The molecule has 1 aromatic carbocycles. The van der Waals surface area contributed by atoms with Crippen LogP contribution in [0, 0.1) is 18.3 Å². The van der Waals surface area contributed by atoms with E-state index in [0.717, 1.165) is 16.0 Å². The van der Waals surface area contributed by atoms with Crippen LogP contribution in [0.25, 0.3) is 0 Å². The van der Waals surface area contributed by atoms with Crippen molar-refractivity contribution in [1.29, 1.82) is 5.26 Å². The Morgan fingerprint density at radius 1 is 1.32 bits per heavy atom. The number of benzene rings is 1. The normalized spacial score (nSPS) is 10.2. The Balaban J connectivity index is 2.33. The van der Waals surface area contributed by atoms with Crippen LogP contribution < -0.4 is 5.32 Å². The van der Waals surface area contributed by atoms with Crippen molar-refractivity contribution in [3.8, 4) is 6.07 Å². The zero-order valence-electron chi connectivity index (χ0n) is 14.5. The minimum Gasteiger partial charge on any atom is -0.462 e. The summed E-state index contributed by atoms with van der Waals surface area (Å²) < 4.78 is 5.14. The van der Waals surface area contributed by atoms with Crippen molar-refractivity contribution in [1.82, 2.24) is 0 Å². The Kier molecular flexibility index (Phi) is 6.31. The van der Waals surface area contributed by atoms with Crippen molar-refractivity contribution in [2.24, 2.45) is 0 Å². The lowest BCUT2D eigenvalue weighted by atomic mass is 10.1.